The Morgan fingerprint density at radius 3 is 2.48 bits per heavy atom. The molecule has 8 nitrogen and oxygen atoms in total. The van der Waals surface area contributed by atoms with Gasteiger partial charge in [0.25, 0.3) is 5.89 Å². The van der Waals surface area contributed by atoms with Crippen molar-refractivity contribution < 1.29 is 23.5 Å². The number of carbonyl (C=O) groups is 2. The first-order valence-electron chi connectivity index (χ1n) is 10.1. The topological polar surface area (TPSA) is 94.8 Å². The third-order valence-corrected chi connectivity index (χ3v) is 5.15. The molecule has 1 fully saturated rings. The van der Waals surface area contributed by atoms with E-state index in [1.165, 1.54) is 0 Å². The lowest BCUT2D eigenvalue weighted by molar-refractivity contribution is -0.119. The van der Waals surface area contributed by atoms with Gasteiger partial charge in [-0.1, -0.05) is 0 Å². The van der Waals surface area contributed by atoms with Gasteiger partial charge in [0, 0.05) is 24.2 Å². The largest absolute Gasteiger partial charge is 0.497 e. The van der Waals surface area contributed by atoms with Crippen LogP contribution in [0, 0.1) is 0 Å². The van der Waals surface area contributed by atoms with Gasteiger partial charge in [-0.15, -0.1) is 10.2 Å². The van der Waals surface area contributed by atoms with E-state index in [-0.39, 0.29) is 11.8 Å². The summed E-state index contributed by atoms with van der Waals surface area (Å²) in [6.07, 6.45) is 1.75. The molecule has 0 radical (unpaired) electrons. The number of esters is 1. The van der Waals surface area contributed by atoms with E-state index in [9.17, 15) is 9.59 Å². The number of rotatable bonds is 6. The molecule has 0 aliphatic carbocycles. The van der Waals surface area contributed by atoms with Crippen LogP contribution in [0.15, 0.2) is 52.9 Å². The highest BCUT2D eigenvalue weighted by Crippen LogP contribution is 2.26. The van der Waals surface area contributed by atoms with Gasteiger partial charge in [-0.3, -0.25) is 4.79 Å². The zero-order valence-corrected chi connectivity index (χ0v) is 17.4. The number of carbonyl (C=O) groups excluding carboxylic acids is 2. The van der Waals surface area contributed by atoms with Crippen molar-refractivity contribution in [3.63, 3.8) is 0 Å². The van der Waals surface area contributed by atoms with E-state index >= 15 is 0 Å². The Bertz CT molecular complexity index is 1060. The van der Waals surface area contributed by atoms with Crippen LogP contribution < -0.4 is 9.64 Å². The molecule has 2 heterocycles. The lowest BCUT2D eigenvalue weighted by Gasteiger charge is -2.26. The number of amides is 1. The summed E-state index contributed by atoms with van der Waals surface area (Å²) in [5, 5.41) is 8.02. The second kappa shape index (κ2) is 8.99. The number of anilines is 1. The van der Waals surface area contributed by atoms with Crippen LogP contribution >= 0.6 is 0 Å². The van der Waals surface area contributed by atoms with Gasteiger partial charge in [0.2, 0.25) is 11.8 Å². The molecule has 160 valence electrons. The van der Waals surface area contributed by atoms with Gasteiger partial charge in [0.1, 0.15) is 5.75 Å². The molecule has 8 heteroatoms. The van der Waals surface area contributed by atoms with Crippen molar-refractivity contribution in [1.82, 2.24) is 10.2 Å². The summed E-state index contributed by atoms with van der Waals surface area (Å²) in [7, 11) is 1.59. The maximum Gasteiger partial charge on any atom is 0.338 e. The molecule has 2 aromatic carbocycles. The van der Waals surface area contributed by atoms with E-state index in [0.717, 1.165) is 29.8 Å². The molecule has 3 aromatic rings. The normalized spacial score (nSPS) is 14.9. The Labute approximate surface area is 179 Å². The summed E-state index contributed by atoms with van der Waals surface area (Å²) in [5.41, 5.74) is 1.91. The summed E-state index contributed by atoms with van der Waals surface area (Å²) in [6.45, 7) is 2.37. The fourth-order valence-corrected chi connectivity index (χ4v) is 3.38. The van der Waals surface area contributed by atoms with Crippen molar-refractivity contribution >= 4 is 17.6 Å². The van der Waals surface area contributed by atoms with Crippen LogP contribution in [0.25, 0.3) is 11.5 Å². The molecule has 1 atom stereocenters. The quantitative estimate of drug-likeness (QED) is 0.551. The third kappa shape index (κ3) is 4.58. The molecule has 0 spiro atoms. The SMILES string of the molecule is COc1ccc(-c2nnc([C@@H](C)OC(=O)c3ccc(N4CCCCC4=O)cc3)o2)cc1. The van der Waals surface area contributed by atoms with Crippen LogP contribution in [0.4, 0.5) is 5.69 Å². The van der Waals surface area contributed by atoms with Crippen LogP contribution in [-0.2, 0) is 9.53 Å². The second-order valence-corrected chi connectivity index (χ2v) is 7.27. The number of hydrogen-bond acceptors (Lipinski definition) is 7. The molecule has 4 rings (SSSR count). The van der Waals surface area contributed by atoms with Crippen molar-refractivity contribution in [3.8, 4) is 17.2 Å². The second-order valence-electron chi connectivity index (χ2n) is 7.27. The minimum Gasteiger partial charge on any atom is -0.497 e. The van der Waals surface area contributed by atoms with Gasteiger partial charge in [-0.05, 0) is 68.3 Å². The fourth-order valence-electron chi connectivity index (χ4n) is 3.38. The van der Waals surface area contributed by atoms with Gasteiger partial charge in [-0.2, -0.15) is 0 Å². The Hall–Kier alpha value is -3.68. The molecule has 0 unspecified atom stereocenters. The minimum atomic E-state index is -0.713. The lowest BCUT2D eigenvalue weighted by atomic mass is 10.1. The van der Waals surface area contributed by atoms with E-state index < -0.39 is 12.1 Å². The summed E-state index contributed by atoms with van der Waals surface area (Å²) in [6, 6.07) is 14.0. The Kier molecular flexibility index (Phi) is 5.97. The van der Waals surface area contributed by atoms with Gasteiger partial charge in [0.05, 0.1) is 12.7 Å². The average Bonchev–Trinajstić information content (AvgIpc) is 3.30. The fraction of sp³-hybridized carbons (Fsp3) is 0.304. The monoisotopic (exact) mass is 421 g/mol. The molecule has 0 saturated carbocycles. The minimum absolute atomic E-state index is 0.110. The Balaban J connectivity index is 1.40. The number of ether oxygens (including phenoxy) is 2. The van der Waals surface area contributed by atoms with Gasteiger partial charge >= 0.3 is 5.97 Å². The van der Waals surface area contributed by atoms with E-state index in [4.69, 9.17) is 13.9 Å². The van der Waals surface area contributed by atoms with E-state index in [1.54, 1.807) is 67.5 Å². The predicted molar refractivity (Wildman–Crippen MR) is 113 cm³/mol. The Morgan fingerprint density at radius 1 is 1.06 bits per heavy atom. The van der Waals surface area contributed by atoms with Crippen molar-refractivity contribution in [2.45, 2.75) is 32.3 Å². The van der Waals surface area contributed by atoms with Crippen molar-refractivity contribution in [3.05, 3.63) is 60.0 Å². The van der Waals surface area contributed by atoms with Crippen LogP contribution in [0.1, 0.15) is 48.5 Å². The highest BCUT2D eigenvalue weighted by molar-refractivity contribution is 5.95. The number of methoxy groups -OCH3 is 1. The standard InChI is InChI=1S/C23H23N3O5/c1-15(21-24-25-22(31-21)16-8-12-19(29-2)13-9-16)30-23(28)17-6-10-18(11-7-17)26-14-4-3-5-20(26)27/h6-13,15H,3-5,14H2,1-2H3/t15-/m1/s1. The molecular weight excluding hydrogens is 398 g/mol. The van der Waals surface area contributed by atoms with Crippen LogP contribution in [0.2, 0.25) is 0 Å². The van der Waals surface area contributed by atoms with Crippen LogP contribution in [0.5, 0.6) is 5.75 Å². The lowest BCUT2D eigenvalue weighted by Crippen LogP contribution is -2.35. The molecule has 31 heavy (non-hydrogen) atoms. The maximum atomic E-state index is 12.5. The summed E-state index contributed by atoms with van der Waals surface area (Å²) in [5.74, 6) is 0.861. The van der Waals surface area contributed by atoms with Crippen molar-refractivity contribution in [2.75, 3.05) is 18.6 Å². The first-order chi connectivity index (χ1) is 15.0. The van der Waals surface area contributed by atoms with Crippen molar-refractivity contribution in [2.24, 2.45) is 0 Å². The molecule has 1 aliphatic heterocycles. The number of piperidine rings is 1. The highest BCUT2D eigenvalue weighted by Gasteiger charge is 2.22. The third-order valence-electron chi connectivity index (χ3n) is 5.15. The van der Waals surface area contributed by atoms with E-state index in [0.29, 0.717) is 24.4 Å². The molecule has 0 bridgehead atoms. The molecule has 1 amide bonds. The predicted octanol–water partition coefficient (Wildman–Crippen LogP) is 4.18. The van der Waals surface area contributed by atoms with Crippen LogP contribution in [-0.4, -0.2) is 35.7 Å². The number of benzene rings is 2. The molecule has 1 aliphatic rings. The summed E-state index contributed by atoms with van der Waals surface area (Å²) in [4.78, 5) is 26.3. The smallest absolute Gasteiger partial charge is 0.338 e. The van der Waals surface area contributed by atoms with E-state index in [2.05, 4.69) is 10.2 Å². The molecule has 1 saturated heterocycles. The zero-order valence-electron chi connectivity index (χ0n) is 17.4. The molecule has 0 N–H and O–H groups in total. The first kappa shape index (κ1) is 20.6. The molecule has 1 aromatic heterocycles. The number of aromatic nitrogens is 2. The van der Waals surface area contributed by atoms with Crippen LogP contribution in [0.3, 0.4) is 0 Å². The first-order valence-corrected chi connectivity index (χ1v) is 10.1. The molecular formula is C23H23N3O5. The summed E-state index contributed by atoms with van der Waals surface area (Å²) >= 11 is 0. The Morgan fingerprint density at radius 2 is 1.81 bits per heavy atom. The average molecular weight is 421 g/mol. The van der Waals surface area contributed by atoms with Crippen molar-refractivity contribution in [1.29, 1.82) is 0 Å². The van der Waals surface area contributed by atoms with Gasteiger partial charge in [-0.25, -0.2) is 4.79 Å². The zero-order chi connectivity index (χ0) is 21.8. The number of nitrogens with zero attached hydrogens (tertiary/aromatic N) is 3. The maximum absolute atomic E-state index is 12.5. The van der Waals surface area contributed by atoms with Gasteiger partial charge < -0.3 is 18.8 Å². The number of hydrogen-bond donors (Lipinski definition) is 0. The summed E-state index contributed by atoms with van der Waals surface area (Å²) < 4.78 is 16.3. The highest BCUT2D eigenvalue weighted by atomic mass is 16.6. The van der Waals surface area contributed by atoms with E-state index in [1.807, 2.05) is 0 Å². The van der Waals surface area contributed by atoms with Gasteiger partial charge in [0.15, 0.2) is 6.10 Å².